The third-order valence-corrected chi connectivity index (χ3v) is 6.88. The van der Waals surface area contributed by atoms with Gasteiger partial charge in [-0.3, -0.25) is 9.97 Å². The molecule has 9 nitrogen and oxygen atoms in total. The molecule has 0 aliphatic heterocycles. The highest BCUT2D eigenvalue weighted by atomic mass is 32.2. The Morgan fingerprint density at radius 2 is 1.58 bits per heavy atom. The molecule has 0 saturated heterocycles. The number of imidazole rings is 1. The van der Waals surface area contributed by atoms with Gasteiger partial charge in [0.2, 0.25) is 15.9 Å². The molecule has 36 heavy (non-hydrogen) atoms. The summed E-state index contributed by atoms with van der Waals surface area (Å²) in [5.74, 6) is -0.129. The van der Waals surface area contributed by atoms with Crippen LogP contribution in [0.2, 0.25) is 0 Å². The van der Waals surface area contributed by atoms with Crippen LogP contribution in [0, 0.1) is 0 Å². The second-order valence-corrected chi connectivity index (χ2v) is 9.57. The predicted octanol–water partition coefficient (Wildman–Crippen LogP) is 4.01. The van der Waals surface area contributed by atoms with Gasteiger partial charge < -0.3 is 14.8 Å². The molecule has 2 heterocycles. The first kappa shape index (κ1) is 25.0. The number of nitrogens with zero attached hydrogens (tertiary/aromatic N) is 2. The lowest BCUT2D eigenvalue weighted by Gasteiger charge is -2.22. The van der Waals surface area contributed by atoms with E-state index in [1.165, 1.54) is 36.7 Å². The highest BCUT2D eigenvalue weighted by Gasteiger charge is 2.30. The van der Waals surface area contributed by atoms with E-state index < -0.39 is 33.3 Å². The number of nitrogens with one attached hydrogen (secondary N) is 2. The van der Waals surface area contributed by atoms with Crippen LogP contribution in [0.1, 0.15) is 16.8 Å². The molecule has 2 aromatic heterocycles. The van der Waals surface area contributed by atoms with Crippen molar-refractivity contribution in [3.8, 4) is 17.4 Å². The first-order valence-electron chi connectivity index (χ1n) is 10.4. The third-order valence-electron chi connectivity index (χ3n) is 5.08. The molecule has 0 bridgehead atoms. The van der Waals surface area contributed by atoms with E-state index in [-0.39, 0.29) is 35.2 Å². The lowest BCUT2D eigenvalue weighted by atomic mass is 10.2. The Labute approximate surface area is 202 Å². The molecule has 4 aromatic rings. The summed E-state index contributed by atoms with van der Waals surface area (Å²) in [5, 5.41) is 9.92. The van der Waals surface area contributed by atoms with E-state index in [1.807, 2.05) is 0 Å². The monoisotopic (exact) mass is 520 g/mol. The van der Waals surface area contributed by atoms with Gasteiger partial charge in [0.1, 0.15) is 11.5 Å². The molecule has 0 radical (unpaired) electrons. The van der Waals surface area contributed by atoms with Crippen molar-refractivity contribution < 1.29 is 31.4 Å². The number of alkyl halides is 3. The van der Waals surface area contributed by atoms with Gasteiger partial charge in [0.25, 0.3) is 0 Å². The minimum atomic E-state index is -4.47. The molecule has 0 spiro atoms. The van der Waals surface area contributed by atoms with Crippen molar-refractivity contribution in [2.24, 2.45) is 0 Å². The van der Waals surface area contributed by atoms with Gasteiger partial charge >= 0.3 is 11.9 Å². The number of hydrogen-bond acceptors (Lipinski definition) is 6. The van der Waals surface area contributed by atoms with Crippen LogP contribution < -0.4 is 10.4 Å². The standard InChI is InChI=1S/C23H19F3N4O5S/c24-23(25,26)16-3-5-17(6-4-16)35-18-7-9-19(10-8-18)36(33,34)30(13-15-2-1-11-27-12-15)14-20-21(31)29-22(32)28-20/h1-12,31H,13-14H2,(H2,28,29,32). The Hall–Kier alpha value is -4.10. The van der Waals surface area contributed by atoms with E-state index in [2.05, 4.69) is 15.0 Å². The maximum atomic E-state index is 13.4. The van der Waals surface area contributed by atoms with E-state index >= 15 is 0 Å². The first-order chi connectivity index (χ1) is 17.0. The zero-order valence-corrected chi connectivity index (χ0v) is 19.2. The van der Waals surface area contributed by atoms with Crippen LogP contribution in [-0.4, -0.2) is 32.8 Å². The number of sulfonamides is 1. The van der Waals surface area contributed by atoms with Crippen LogP contribution in [0.3, 0.4) is 0 Å². The molecule has 0 aliphatic carbocycles. The Morgan fingerprint density at radius 1 is 0.944 bits per heavy atom. The average Bonchev–Trinajstić information content (AvgIpc) is 3.16. The van der Waals surface area contributed by atoms with Crippen molar-refractivity contribution in [2.75, 3.05) is 0 Å². The molecule has 0 fully saturated rings. The maximum Gasteiger partial charge on any atom is 0.416 e. The first-order valence-corrected chi connectivity index (χ1v) is 11.8. The molecule has 4 rings (SSSR count). The van der Waals surface area contributed by atoms with Gasteiger partial charge in [-0.05, 0) is 60.2 Å². The fraction of sp³-hybridized carbons (Fsp3) is 0.130. The highest BCUT2D eigenvalue weighted by Crippen LogP contribution is 2.32. The fourth-order valence-electron chi connectivity index (χ4n) is 3.30. The molecule has 0 atom stereocenters. The number of rotatable bonds is 8. The number of pyridine rings is 1. The Kier molecular flexibility index (Phi) is 6.86. The van der Waals surface area contributed by atoms with E-state index in [4.69, 9.17) is 4.74 Å². The van der Waals surface area contributed by atoms with E-state index in [0.717, 1.165) is 28.6 Å². The number of benzene rings is 2. The van der Waals surface area contributed by atoms with Crippen molar-refractivity contribution in [1.82, 2.24) is 19.3 Å². The molecule has 0 saturated carbocycles. The van der Waals surface area contributed by atoms with Crippen molar-refractivity contribution >= 4 is 10.0 Å². The van der Waals surface area contributed by atoms with Crippen LogP contribution in [0.15, 0.2) is 82.7 Å². The number of aromatic hydroxyl groups is 1. The summed E-state index contributed by atoms with van der Waals surface area (Å²) in [7, 11) is -4.14. The van der Waals surface area contributed by atoms with Crippen molar-refractivity contribution in [3.63, 3.8) is 0 Å². The van der Waals surface area contributed by atoms with E-state index in [9.17, 15) is 31.5 Å². The Bertz CT molecular complexity index is 1480. The molecule has 0 amide bonds. The van der Waals surface area contributed by atoms with Crippen LogP contribution in [-0.2, 0) is 29.3 Å². The molecule has 0 unspecified atom stereocenters. The van der Waals surface area contributed by atoms with Crippen molar-refractivity contribution in [3.05, 3.63) is 100 Å². The van der Waals surface area contributed by atoms with Gasteiger partial charge in [-0.25, -0.2) is 13.2 Å². The summed E-state index contributed by atoms with van der Waals surface area (Å²) >= 11 is 0. The molecule has 0 aliphatic rings. The minimum absolute atomic E-state index is 0.0188. The van der Waals surface area contributed by atoms with Crippen molar-refractivity contribution in [1.29, 1.82) is 0 Å². The smallest absolute Gasteiger partial charge is 0.416 e. The number of aromatic nitrogens is 3. The number of aromatic amines is 2. The third kappa shape index (κ3) is 5.75. The fourth-order valence-corrected chi connectivity index (χ4v) is 4.70. The summed E-state index contributed by atoms with van der Waals surface area (Å²) < 4.78 is 71.6. The molecular weight excluding hydrogens is 501 g/mol. The average molecular weight is 520 g/mol. The Balaban J connectivity index is 1.57. The normalized spacial score (nSPS) is 12.1. The second kappa shape index (κ2) is 9.87. The minimum Gasteiger partial charge on any atom is -0.493 e. The van der Waals surface area contributed by atoms with Gasteiger partial charge in [-0.2, -0.15) is 17.5 Å². The second-order valence-electron chi connectivity index (χ2n) is 7.64. The number of ether oxygens (including phenoxy) is 1. The van der Waals surface area contributed by atoms with Crippen LogP contribution in [0.5, 0.6) is 17.4 Å². The molecule has 188 valence electrons. The lowest BCUT2D eigenvalue weighted by Crippen LogP contribution is -2.30. The van der Waals surface area contributed by atoms with Crippen LogP contribution >= 0.6 is 0 Å². The van der Waals surface area contributed by atoms with Gasteiger partial charge in [0.15, 0.2) is 0 Å². The lowest BCUT2D eigenvalue weighted by molar-refractivity contribution is -0.137. The van der Waals surface area contributed by atoms with Gasteiger partial charge in [-0.1, -0.05) is 6.07 Å². The number of H-pyrrole nitrogens is 2. The van der Waals surface area contributed by atoms with Crippen LogP contribution in [0.4, 0.5) is 13.2 Å². The predicted molar refractivity (Wildman–Crippen MR) is 122 cm³/mol. The van der Waals surface area contributed by atoms with Gasteiger partial charge in [0, 0.05) is 18.9 Å². The van der Waals surface area contributed by atoms with E-state index in [1.54, 1.807) is 12.1 Å². The largest absolute Gasteiger partial charge is 0.493 e. The maximum absolute atomic E-state index is 13.4. The van der Waals surface area contributed by atoms with Crippen molar-refractivity contribution in [2.45, 2.75) is 24.2 Å². The van der Waals surface area contributed by atoms with Gasteiger partial charge in [-0.15, -0.1) is 0 Å². The summed E-state index contributed by atoms with van der Waals surface area (Å²) in [6, 6.07) is 12.7. The highest BCUT2D eigenvalue weighted by molar-refractivity contribution is 7.89. The zero-order chi connectivity index (χ0) is 25.9. The summed E-state index contributed by atoms with van der Waals surface area (Å²) in [6.45, 7) is -0.446. The van der Waals surface area contributed by atoms with Crippen LogP contribution in [0.25, 0.3) is 0 Å². The van der Waals surface area contributed by atoms with Gasteiger partial charge in [0.05, 0.1) is 22.7 Å². The number of hydrogen-bond donors (Lipinski definition) is 3. The SMILES string of the molecule is O=c1[nH]c(O)c(CN(Cc2cccnc2)S(=O)(=O)c2ccc(Oc3ccc(C(F)(F)F)cc3)cc2)[nH]1. The topological polar surface area (TPSA) is 128 Å². The number of halogens is 3. The summed E-state index contributed by atoms with van der Waals surface area (Å²) in [5.41, 5.74) is -0.957. The van der Waals surface area contributed by atoms with E-state index in [0.29, 0.717) is 5.56 Å². The summed E-state index contributed by atoms with van der Waals surface area (Å²) in [4.78, 5) is 19.9. The quantitative estimate of drug-likeness (QED) is 0.322. The molecule has 2 aromatic carbocycles. The Morgan fingerprint density at radius 3 is 2.11 bits per heavy atom. The summed E-state index contributed by atoms with van der Waals surface area (Å²) in [6.07, 6.45) is -1.45. The zero-order valence-electron chi connectivity index (χ0n) is 18.4. The molecule has 3 N–H and O–H groups in total. The molecular formula is C23H19F3N4O5S. The molecule has 13 heteroatoms.